The van der Waals surface area contributed by atoms with Gasteiger partial charge in [0, 0.05) is 12.6 Å². The number of ether oxygens (including phenoxy) is 1. The van der Waals surface area contributed by atoms with E-state index in [1.807, 2.05) is 18.2 Å². The van der Waals surface area contributed by atoms with Gasteiger partial charge in [0.2, 0.25) is 0 Å². The summed E-state index contributed by atoms with van der Waals surface area (Å²) >= 11 is 6.08. The van der Waals surface area contributed by atoms with Gasteiger partial charge in [-0.25, -0.2) is 0 Å². The van der Waals surface area contributed by atoms with Gasteiger partial charge in [-0.1, -0.05) is 36.6 Å². The average Bonchev–Trinajstić information content (AvgIpc) is 2.88. The molecule has 120 valence electrons. The molecular weight excluding hydrogens is 302 g/mol. The van der Waals surface area contributed by atoms with Crippen LogP contribution in [0.1, 0.15) is 32.1 Å². The van der Waals surface area contributed by atoms with E-state index in [0.29, 0.717) is 35.9 Å². The predicted octanol–water partition coefficient (Wildman–Crippen LogP) is 3.44. The molecule has 1 saturated heterocycles. The van der Waals surface area contributed by atoms with Gasteiger partial charge in [0.1, 0.15) is 18.4 Å². The van der Waals surface area contributed by atoms with Crippen molar-refractivity contribution < 1.29 is 14.6 Å². The molecule has 1 aromatic carbocycles. The maximum absolute atomic E-state index is 11.5. The molecule has 1 aliphatic heterocycles. The Balaban J connectivity index is 1.61. The number of rotatable bonds is 5. The number of carboxylic acid groups (broad SMARTS) is 1. The topological polar surface area (TPSA) is 49.8 Å². The Morgan fingerprint density at radius 1 is 1.32 bits per heavy atom. The molecule has 1 aliphatic carbocycles. The minimum absolute atomic E-state index is 0.358. The van der Waals surface area contributed by atoms with Gasteiger partial charge in [0.15, 0.2) is 0 Å². The highest BCUT2D eigenvalue weighted by Gasteiger charge is 2.44. The zero-order valence-electron chi connectivity index (χ0n) is 12.6. The van der Waals surface area contributed by atoms with Crippen LogP contribution in [0.15, 0.2) is 24.3 Å². The number of nitrogens with zero attached hydrogens (tertiary/aromatic N) is 1. The summed E-state index contributed by atoms with van der Waals surface area (Å²) in [6.45, 7) is 1.11. The Hall–Kier alpha value is -1.26. The molecule has 1 N–H and O–H groups in total. The highest BCUT2D eigenvalue weighted by Crippen LogP contribution is 2.39. The Kier molecular flexibility index (Phi) is 4.89. The Morgan fingerprint density at radius 3 is 2.86 bits per heavy atom. The van der Waals surface area contributed by atoms with Gasteiger partial charge < -0.3 is 9.84 Å². The van der Waals surface area contributed by atoms with Gasteiger partial charge in [-0.3, -0.25) is 9.69 Å². The summed E-state index contributed by atoms with van der Waals surface area (Å²) < 4.78 is 5.74. The summed E-state index contributed by atoms with van der Waals surface area (Å²) in [4.78, 5) is 13.7. The number of fused-ring (bicyclic) bond motifs is 1. The maximum Gasteiger partial charge on any atom is 0.320 e. The van der Waals surface area contributed by atoms with Crippen LogP contribution in [-0.4, -0.2) is 41.2 Å². The average molecular weight is 324 g/mol. The van der Waals surface area contributed by atoms with Crippen LogP contribution in [-0.2, 0) is 4.79 Å². The number of carboxylic acids is 1. The SMILES string of the molecule is O=C(O)C1CC2CCCCC2N1CCOc1ccccc1Cl. The smallest absolute Gasteiger partial charge is 0.320 e. The first kappa shape index (κ1) is 15.6. The van der Waals surface area contributed by atoms with Crippen molar-refractivity contribution in [2.75, 3.05) is 13.2 Å². The molecule has 1 heterocycles. The van der Waals surface area contributed by atoms with Crippen molar-refractivity contribution in [3.8, 4) is 5.75 Å². The lowest BCUT2D eigenvalue weighted by Crippen LogP contribution is -2.44. The quantitative estimate of drug-likeness (QED) is 0.902. The Labute approximate surface area is 136 Å². The molecule has 0 radical (unpaired) electrons. The molecule has 3 unspecified atom stereocenters. The second-order valence-electron chi connectivity index (χ2n) is 6.22. The number of benzene rings is 1. The highest BCUT2D eigenvalue weighted by molar-refractivity contribution is 6.32. The maximum atomic E-state index is 11.5. The van der Waals surface area contributed by atoms with E-state index in [1.165, 1.54) is 12.8 Å². The minimum Gasteiger partial charge on any atom is -0.491 e. The first-order valence-corrected chi connectivity index (χ1v) is 8.40. The van der Waals surface area contributed by atoms with E-state index in [1.54, 1.807) is 6.07 Å². The van der Waals surface area contributed by atoms with E-state index in [-0.39, 0.29) is 6.04 Å². The number of carbonyl (C=O) groups is 1. The molecule has 3 rings (SSSR count). The van der Waals surface area contributed by atoms with Gasteiger partial charge in [-0.15, -0.1) is 0 Å². The minimum atomic E-state index is -0.702. The largest absolute Gasteiger partial charge is 0.491 e. The van der Waals surface area contributed by atoms with Gasteiger partial charge in [-0.2, -0.15) is 0 Å². The lowest BCUT2D eigenvalue weighted by Gasteiger charge is -2.32. The molecule has 22 heavy (non-hydrogen) atoms. The third-order valence-electron chi connectivity index (χ3n) is 4.95. The standard InChI is InChI=1S/C17H22ClNO3/c18-13-6-2-4-8-16(13)22-10-9-19-14-7-3-1-5-12(14)11-15(19)17(20)21/h2,4,6,8,12,14-15H,1,3,5,7,9-11H2,(H,20,21). The van der Waals surface area contributed by atoms with Gasteiger partial charge >= 0.3 is 5.97 Å². The van der Waals surface area contributed by atoms with Crippen LogP contribution in [0.3, 0.4) is 0 Å². The van der Waals surface area contributed by atoms with Crippen LogP contribution in [0.25, 0.3) is 0 Å². The summed E-state index contributed by atoms with van der Waals surface area (Å²) in [5, 5.41) is 10.1. The van der Waals surface area contributed by atoms with Crippen LogP contribution < -0.4 is 4.74 Å². The van der Waals surface area contributed by atoms with Gasteiger partial charge in [0.05, 0.1) is 5.02 Å². The summed E-state index contributed by atoms with van der Waals surface area (Å²) in [5.41, 5.74) is 0. The summed E-state index contributed by atoms with van der Waals surface area (Å²) in [6, 6.07) is 7.43. The Bertz CT molecular complexity index is 536. The first-order valence-electron chi connectivity index (χ1n) is 8.02. The molecule has 0 aromatic heterocycles. The predicted molar refractivity (Wildman–Crippen MR) is 85.4 cm³/mol. The number of hydrogen-bond donors (Lipinski definition) is 1. The number of hydrogen-bond acceptors (Lipinski definition) is 3. The van der Waals surface area contributed by atoms with E-state index in [2.05, 4.69) is 4.90 Å². The van der Waals surface area contributed by atoms with Crippen molar-refractivity contribution >= 4 is 17.6 Å². The van der Waals surface area contributed by atoms with Crippen molar-refractivity contribution in [1.82, 2.24) is 4.90 Å². The van der Waals surface area contributed by atoms with Crippen molar-refractivity contribution in [1.29, 1.82) is 0 Å². The fourth-order valence-electron chi connectivity index (χ4n) is 3.94. The van der Waals surface area contributed by atoms with Crippen LogP contribution in [0, 0.1) is 5.92 Å². The van der Waals surface area contributed by atoms with Crippen LogP contribution in [0.4, 0.5) is 0 Å². The second kappa shape index (κ2) is 6.88. The highest BCUT2D eigenvalue weighted by atomic mass is 35.5. The van der Waals surface area contributed by atoms with E-state index in [9.17, 15) is 9.90 Å². The van der Waals surface area contributed by atoms with Crippen LogP contribution in [0.2, 0.25) is 5.02 Å². The monoisotopic (exact) mass is 323 g/mol. The van der Waals surface area contributed by atoms with Crippen molar-refractivity contribution in [3.05, 3.63) is 29.3 Å². The molecule has 4 nitrogen and oxygen atoms in total. The summed E-state index contributed by atoms with van der Waals surface area (Å²) in [6.07, 6.45) is 5.50. The first-order chi connectivity index (χ1) is 10.7. The van der Waals surface area contributed by atoms with Crippen molar-refractivity contribution in [2.45, 2.75) is 44.2 Å². The normalized spacial score (nSPS) is 28.3. The van der Waals surface area contributed by atoms with Gasteiger partial charge in [0.25, 0.3) is 0 Å². The van der Waals surface area contributed by atoms with Gasteiger partial charge in [-0.05, 0) is 37.3 Å². The number of likely N-dealkylation sites (tertiary alicyclic amines) is 1. The molecule has 0 amide bonds. The number of aliphatic carboxylic acids is 1. The number of para-hydroxylation sites is 1. The molecule has 0 bridgehead atoms. The molecule has 1 saturated carbocycles. The molecule has 2 fully saturated rings. The lowest BCUT2D eigenvalue weighted by molar-refractivity contribution is -0.142. The third kappa shape index (κ3) is 3.23. The molecule has 2 aliphatic rings. The van der Waals surface area contributed by atoms with Crippen molar-refractivity contribution in [2.24, 2.45) is 5.92 Å². The molecule has 1 aromatic rings. The second-order valence-corrected chi connectivity index (χ2v) is 6.63. The molecule has 0 spiro atoms. The molecule has 5 heteroatoms. The fourth-order valence-corrected chi connectivity index (χ4v) is 4.13. The molecular formula is C17H22ClNO3. The summed E-state index contributed by atoms with van der Waals surface area (Å²) in [5.74, 6) is 0.498. The van der Waals surface area contributed by atoms with Crippen molar-refractivity contribution in [3.63, 3.8) is 0 Å². The van der Waals surface area contributed by atoms with Crippen LogP contribution >= 0.6 is 11.6 Å². The summed E-state index contributed by atoms with van der Waals surface area (Å²) in [7, 11) is 0. The lowest BCUT2D eigenvalue weighted by atomic mass is 9.85. The fraction of sp³-hybridized carbons (Fsp3) is 0.588. The number of halogens is 1. The zero-order valence-corrected chi connectivity index (χ0v) is 13.3. The Morgan fingerprint density at radius 2 is 2.09 bits per heavy atom. The van der Waals surface area contributed by atoms with E-state index >= 15 is 0 Å². The molecule has 3 atom stereocenters. The van der Waals surface area contributed by atoms with E-state index < -0.39 is 5.97 Å². The van der Waals surface area contributed by atoms with Crippen LogP contribution in [0.5, 0.6) is 5.75 Å². The third-order valence-corrected chi connectivity index (χ3v) is 5.26. The van der Waals surface area contributed by atoms with E-state index in [4.69, 9.17) is 16.3 Å². The van der Waals surface area contributed by atoms with E-state index in [0.717, 1.165) is 19.3 Å². The zero-order chi connectivity index (χ0) is 15.5.